The van der Waals surface area contributed by atoms with Gasteiger partial charge in [0.05, 0.1) is 24.9 Å². The summed E-state index contributed by atoms with van der Waals surface area (Å²) in [7, 11) is -0.319. The first-order valence-corrected chi connectivity index (χ1v) is 13.2. The van der Waals surface area contributed by atoms with Crippen molar-refractivity contribution in [3.63, 3.8) is 0 Å². The fourth-order valence-corrected chi connectivity index (χ4v) is 3.82. The van der Waals surface area contributed by atoms with Gasteiger partial charge in [0.2, 0.25) is 0 Å². The van der Waals surface area contributed by atoms with Crippen molar-refractivity contribution in [2.24, 2.45) is 0 Å². The van der Waals surface area contributed by atoms with Crippen molar-refractivity contribution >= 4 is 39.5 Å². The van der Waals surface area contributed by atoms with E-state index in [0.717, 1.165) is 5.75 Å². The summed E-state index contributed by atoms with van der Waals surface area (Å²) in [4.78, 5) is 12.2. The van der Waals surface area contributed by atoms with E-state index in [1.165, 1.54) is 11.8 Å². The largest absolute Gasteiger partial charge is 0.497 e. The summed E-state index contributed by atoms with van der Waals surface area (Å²) in [5.41, 5.74) is -0.746. The number of hydrogen-bond donors (Lipinski definition) is 0. The Morgan fingerprint density at radius 2 is 1.81 bits per heavy atom. The minimum atomic E-state index is -0.871. The lowest BCUT2D eigenvalue weighted by molar-refractivity contribution is 0.00578. The second-order valence-corrected chi connectivity index (χ2v) is 14.2. The molecule has 0 saturated carbocycles. The Bertz CT molecular complexity index is 970. The second kappa shape index (κ2) is 8.39. The monoisotopic (exact) mass is 454 g/mol. The molecular weight excluding hydrogens is 422 g/mol. The van der Waals surface area contributed by atoms with E-state index in [-0.39, 0.29) is 23.4 Å². The highest BCUT2D eigenvalue weighted by Gasteiger charge is 2.52. The summed E-state index contributed by atoms with van der Waals surface area (Å²) in [5.74, 6) is -0.271. The third-order valence-corrected chi connectivity index (χ3v) is 7.21. The van der Waals surface area contributed by atoms with Gasteiger partial charge >= 0.3 is 13.1 Å². The molecule has 3 rings (SSSR count). The Morgan fingerprint density at radius 1 is 1.19 bits per heavy atom. The van der Waals surface area contributed by atoms with E-state index >= 15 is 4.39 Å². The number of fused-ring (bicyclic) bond motifs is 1. The predicted molar refractivity (Wildman–Crippen MR) is 123 cm³/mol. The molecule has 0 spiro atoms. The van der Waals surface area contributed by atoms with Gasteiger partial charge in [-0.25, -0.2) is 23.9 Å². The van der Waals surface area contributed by atoms with Gasteiger partial charge < -0.3 is 18.8 Å². The predicted octanol–water partition coefficient (Wildman–Crippen LogP) is 2.93. The number of aromatic nitrogens is 2. The van der Waals surface area contributed by atoms with Gasteiger partial charge in [0.25, 0.3) is 0 Å². The van der Waals surface area contributed by atoms with Crippen molar-refractivity contribution in [1.29, 1.82) is 0 Å². The second-order valence-electron chi connectivity index (χ2n) is 9.63. The fraction of sp³-hybridized carbons (Fsp3) is 0.619. The van der Waals surface area contributed by atoms with E-state index in [1.807, 2.05) is 27.7 Å². The molecule has 1 saturated heterocycles. The molecular formula is C21H32BFN2O5S. The quantitative estimate of drug-likeness (QED) is 0.364. The number of carbonyl (C=O) groups is 1. The third-order valence-electron chi connectivity index (χ3n) is 5.82. The minimum absolute atomic E-state index is 0.0206. The average Bonchev–Trinajstić information content (AvgIpc) is 3.12. The zero-order valence-corrected chi connectivity index (χ0v) is 20.4. The van der Waals surface area contributed by atoms with Crippen LogP contribution in [0.4, 0.5) is 4.39 Å². The van der Waals surface area contributed by atoms with Crippen LogP contribution in [0.15, 0.2) is 12.1 Å². The van der Waals surface area contributed by atoms with Crippen LogP contribution in [0.5, 0.6) is 0 Å². The summed E-state index contributed by atoms with van der Waals surface area (Å²) in [6, 6.07) is 3.22. The molecule has 31 heavy (non-hydrogen) atoms. The summed E-state index contributed by atoms with van der Waals surface area (Å²) in [5, 5.41) is 4.64. The van der Waals surface area contributed by atoms with Gasteiger partial charge in [0.1, 0.15) is 18.1 Å². The SMILES string of the molecule is COC(=O)c1nn(COCCS(C)(C)C)c2c(F)c(B3OC(C)(C)C(C)(C)O3)ccc12. The first-order valence-electron chi connectivity index (χ1n) is 10.1. The van der Waals surface area contributed by atoms with E-state index in [2.05, 4.69) is 23.9 Å². The lowest BCUT2D eigenvalue weighted by Crippen LogP contribution is -2.41. The van der Waals surface area contributed by atoms with Crippen molar-refractivity contribution in [2.75, 3.05) is 38.2 Å². The Morgan fingerprint density at radius 3 is 2.35 bits per heavy atom. The number of hydrogen-bond acceptors (Lipinski definition) is 6. The molecule has 0 radical (unpaired) electrons. The van der Waals surface area contributed by atoms with Gasteiger partial charge in [-0.15, -0.1) is 0 Å². The first kappa shape index (κ1) is 24.0. The smallest absolute Gasteiger partial charge is 0.464 e. The molecule has 0 unspecified atom stereocenters. The molecule has 0 aliphatic carbocycles. The molecule has 0 N–H and O–H groups in total. The standard InChI is InChI=1S/C21H32BFN2O5S/c1-20(2)21(3,4)30-22(29-20)15-10-9-14-17(19(26)27-5)24-25(18(14)16(15)23)13-28-11-12-31(6,7)8/h9-10H,11-13H2,1-8H3. The van der Waals surface area contributed by atoms with Crippen LogP contribution < -0.4 is 5.46 Å². The molecule has 0 bridgehead atoms. The van der Waals surface area contributed by atoms with Crippen molar-refractivity contribution in [2.45, 2.75) is 45.6 Å². The van der Waals surface area contributed by atoms with E-state index < -0.39 is 40.1 Å². The van der Waals surface area contributed by atoms with Crippen LogP contribution in [0.2, 0.25) is 0 Å². The number of methoxy groups -OCH3 is 1. The molecule has 0 atom stereocenters. The Hall–Kier alpha value is -1.62. The maximum atomic E-state index is 15.7. The number of esters is 1. The van der Waals surface area contributed by atoms with Crippen LogP contribution in [0, 0.1) is 5.82 Å². The van der Waals surface area contributed by atoms with Crippen LogP contribution in [-0.2, 0) is 25.5 Å². The third kappa shape index (κ3) is 4.77. The van der Waals surface area contributed by atoms with E-state index in [9.17, 15) is 4.79 Å². The highest BCUT2D eigenvalue weighted by Crippen LogP contribution is 2.37. The summed E-state index contributed by atoms with van der Waals surface area (Å²) in [6.45, 7) is 8.18. The maximum Gasteiger partial charge on any atom is 0.497 e. The van der Waals surface area contributed by atoms with Crippen molar-refractivity contribution in [1.82, 2.24) is 9.78 Å². The van der Waals surface area contributed by atoms with Crippen molar-refractivity contribution in [3.05, 3.63) is 23.6 Å². The summed E-state index contributed by atoms with van der Waals surface area (Å²) < 4.78 is 39.7. The fourth-order valence-electron chi connectivity index (χ4n) is 3.20. The van der Waals surface area contributed by atoms with E-state index in [4.69, 9.17) is 18.8 Å². The molecule has 2 aromatic rings. The van der Waals surface area contributed by atoms with Gasteiger partial charge in [-0.3, -0.25) is 0 Å². The van der Waals surface area contributed by atoms with Gasteiger partial charge in [0, 0.05) is 16.6 Å². The number of nitrogens with zero attached hydrogens (tertiary/aromatic N) is 2. The highest BCUT2D eigenvalue weighted by atomic mass is 32.3. The molecule has 2 heterocycles. The first-order chi connectivity index (χ1) is 14.3. The average molecular weight is 454 g/mol. The summed E-state index contributed by atoms with van der Waals surface area (Å²) >= 11 is 0. The number of ether oxygens (including phenoxy) is 2. The highest BCUT2D eigenvalue weighted by molar-refractivity contribution is 8.32. The molecule has 1 aliphatic rings. The van der Waals surface area contributed by atoms with Crippen LogP contribution in [0.25, 0.3) is 10.9 Å². The molecule has 7 nitrogen and oxygen atoms in total. The number of rotatable bonds is 7. The van der Waals surface area contributed by atoms with Crippen LogP contribution >= 0.6 is 10.0 Å². The lowest BCUT2D eigenvalue weighted by atomic mass is 9.78. The lowest BCUT2D eigenvalue weighted by Gasteiger charge is -2.32. The topological polar surface area (TPSA) is 71.8 Å². The van der Waals surface area contributed by atoms with Gasteiger partial charge in [-0.1, -0.05) is 12.1 Å². The molecule has 0 amide bonds. The number of halogens is 1. The van der Waals surface area contributed by atoms with E-state index in [0.29, 0.717) is 12.0 Å². The Balaban J connectivity index is 1.99. The van der Waals surface area contributed by atoms with Gasteiger partial charge in [-0.2, -0.15) is 5.10 Å². The summed E-state index contributed by atoms with van der Waals surface area (Å²) in [6.07, 6.45) is 6.60. The van der Waals surface area contributed by atoms with Gasteiger partial charge in [0.15, 0.2) is 5.69 Å². The normalized spacial score (nSPS) is 18.5. The Labute approximate surface area is 185 Å². The number of carbonyl (C=O) groups excluding carboxylic acids is 1. The molecule has 1 aliphatic heterocycles. The van der Waals surface area contributed by atoms with Crippen molar-refractivity contribution < 1.29 is 28.0 Å². The zero-order valence-electron chi connectivity index (χ0n) is 19.6. The molecule has 1 aromatic carbocycles. The van der Waals surface area contributed by atoms with Crippen LogP contribution in [0.3, 0.4) is 0 Å². The number of benzene rings is 1. The molecule has 172 valence electrons. The molecule has 10 heteroatoms. The van der Waals surface area contributed by atoms with E-state index in [1.54, 1.807) is 12.1 Å². The molecule has 1 fully saturated rings. The maximum absolute atomic E-state index is 15.7. The zero-order chi connectivity index (χ0) is 23.2. The van der Waals surface area contributed by atoms with Crippen LogP contribution in [-0.4, -0.2) is 72.3 Å². The van der Waals surface area contributed by atoms with Crippen LogP contribution in [0.1, 0.15) is 38.2 Å². The van der Waals surface area contributed by atoms with Gasteiger partial charge in [-0.05, 0) is 46.5 Å². The minimum Gasteiger partial charge on any atom is -0.464 e. The Kier molecular flexibility index (Phi) is 6.50. The molecule has 1 aromatic heterocycles. The van der Waals surface area contributed by atoms with Crippen molar-refractivity contribution in [3.8, 4) is 0 Å².